The molecule has 20 heavy (non-hydrogen) atoms. The monoisotopic (exact) mass is 301 g/mol. The van der Waals surface area contributed by atoms with E-state index in [1.165, 1.54) is 16.8 Å². The highest BCUT2D eigenvalue weighted by atomic mass is 32.2. The van der Waals surface area contributed by atoms with Crippen LogP contribution in [0, 0.1) is 5.92 Å². The lowest BCUT2D eigenvalue weighted by molar-refractivity contribution is 0.250. The number of rotatable bonds is 5. The molecule has 1 aliphatic rings. The molecule has 1 fully saturated rings. The minimum Gasteiger partial charge on any atom is -0.335 e. The first-order chi connectivity index (χ1) is 9.54. The van der Waals surface area contributed by atoms with E-state index in [-0.39, 0.29) is 5.03 Å². The van der Waals surface area contributed by atoms with Crippen LogP contribution < -0.4 is 5.73 Å². The summed E-state index contributed by atoms with van der Waals surface area (Å²) in [7, 11) is -3.44. The molecule has 1 aromatic heterocycles. The Morgan fingerprint density at radius 3 is 2.85 bits per heavy atom. The molecule has 0 spiro atoms. The average molecular weight is 301 g/mol. The molecule has 0 aromatic carbocycles. The highest BCUT2D eigenvalue weighted by Gasteiger charge is 2.28. The molecule has 3 N–H and O–H groups in total. The zero-order valence-corrected chi connectivity index (χ0v) is 12.6. The third-order valence-corrected chi connectivity index (χ3v) is 5.43. The second-order valence-electron chi connectivity index (χ2n) is 5.31. The maximum Gasteiger partial charge on any atom is 0.260 e. The molecule has 1 atom stereocenters. The van der Waals surface area contributed by atoms with Crippen molar-refractivity contribution in [3.63, 3.8) is 0 Å². The number of sulfonamides is 1. The van der Waals surface area contributed by atoms with Crippen molar-refractivity contribution in [1.29, 1.82) is 0 Å². The van der Waals surface area contributed by atoms with Gasteiger partial charge in [0.1, 0.15) is 0 Å². The SMILES string of the molecule is CC(CN)CN1CCCN(S(=O)(=O)c2cnc[nH]2)CC1. The highest BCUT2D eigenvalue weighted by Crippen LogP contribution is 2.15. The third-order valence-electron chi connectivity index (χ3n) is 3.61. The molecule has 0 amide bonds. The van der Waals surface area contributed by atoms with Gasteiger partial charge < -0.3 is 15.6 Å². The fourth-order valence-corrected chi connectivity index (χ4v) is 3.77. The van der Waals surface area contributed by atoms with Gasteiger partial charge in [0, 0.05) is 26.2 Å². The molecule has 1 saturated heterocycles. The molecule has 2 rings (SSSR count). The first kappa shape index (κ1) is 15.4. The van der Waals surface area contributed by atoms with E-state index in [9.17, 15) is 8.42 Å². The molecule has 114 valence electrons. The summed E-state index contributed by atoms with van der Waals surface area (Å²) in [4.78, 5) is 8.75. The fourth-order valence-electron chi connectivity index (χ4n) is 2.41. The summed E-state index contributed by atoms with van der Waals surface area (Å²) in [5, 5.41) is 0.168. The Morgan fingerprint density at radius 2 is 2.20 bits per heavy atom. The zero-order chi connectivity index (χ0) is 14.6. The highest BCUT2D eigenvalue weighted by molar-refractivity contribution is 7.89. The topological polar surface area (TPSA) is 95.3 Å². The number of aromatic nitrogens is 2. The molecular formula is C12H23N5O2S. The molecule has 0 saturated carbocycles. The van der Waals surface area contributed by atoms with Gasteiger partial charge in [-0.2, -0.15) is 4.31 Å². The van der Waals surface area contributed by atoms with E-state index >= 15 is 0 Å². The van der Waals surface area contributed by atoms with Crippen LogP contribution in [0.1, 0.15) is 13.3 Å². The summed E-state index contributed by atoms with van der Waals surface area (Å²) in [6.07, 6.45) is 3.58. The Morgan fingerprint density at radius 1 is 1.40 bits per heavy atom. The van der Waals surface area contributed by atoms with Crippen molar-refractivity contribution in [1.82, 2.24) is 19.2 Å². The maximum atomic E-state index is 12.4. The fraction of sp³-hybridized carbons (Fsp3) is 0.750. The van der Waals surface area contributed by atoms with Gasteiger partial charge in [-0.25, -0.2) is 13.4 Å². The molecule has 0 aliphatic carbocycles. The largest absolute Gasteiger partial charge is 0.335 e. The minimum atomic E-state index is -3.44. The zero-order valence-electron chi connectivity index (χ0n) is 11.8. The van der Waals surface area contributed by atoms with E-state index < -0.39 is 10.0 Å². The van der Waals surface area contributed by atoms with Gasteiger partial charge in [-0.15, -0.1) is 0 Å². The van der Waals surface area contributed by atoms with Crippen molar-refractivity contribution in [2.24, 2.45) is 11.7 Å². The summed E-state index contributed by atoms with van der Waals surface area (Å²) < 4.78 is 26.3. The van der Waals surface area contributed by atoms with Crippen LogP contribution in [-0.2, 0) is 10.0 Å². The van der Waals surface area contributed by atoms with Crippen molar-refractivity contribution < 1.29 is 8.42 Å². The van der Waals surface area contributed by atoms with Crippen molar-refractivity contribution in [2.75, 3.05) is 39.3 Å². The van der Waals surface area contributed by atoms with Gasteiger partial charge in [0.25, 0.3) is 10.0 Å². The molecular weight excluding hydrogens is 278 g/mol. The van der Waals surface area contributed by atoms with Crippen LogP contribution in [0.5, 0.6) is 0 Å². The molecule has 0 bridgehead atoms. The van der Waals surface area contributed by atoms with Crippen LogP contribution in [0.25, 0.3) is 0 Å². The van der Waals surface area contributed by atoms with E-state index in [1.807, 2.05) is 0 Å². The van der Waals surface area contributed by atoms with Crippen molar-refractivity contribution in [3.8, 4) is 0 Å². The molecule has 0 radical (unpaired) electrons. The number of H-pyrrole nitrogens is 1. The molecule has 7 nitrogen and oxygen atoms in total. The van der Waals surface area contributed by atoms with Gasteiger partial charge in [-0.3, -0.25) is 0 Å². The molecule has 1 unspecified atom stereocenters. The number of nitrogens with two attached hydrogens (primary N) is 1. The van der Waals surface area contributed by atoms with Crippen LogP contribution in [0.2, 0.25) is 0 Å². The lowest BCUT2D eigenvalue weighted by atomic mass is 10.1. The first-order valence-corrected chi connectivity index (χ1v) is 8.39. The van der Waals surface area contributed by atoms with Crippen LogP contribution in [-0.4, -0.2) is 66.9 Å². The Bertz CT molecular complexity index is 502. The van der Waals surface area contributed by atoms with Crippen molar-refractivity contribution >= 4 is 10.0 Å². The number of aromatic amines is 1. The van der Waals surface area contributed by atoms with Crippen LogP contribution >= 0.6 is 0 Å². The molecule has 8 heteroatoms. The lowest BCUT2D eigenvalue weighted by Crippen LogP contribution is -2.37. The average Bonchev–Trinajstić information content (AvgIpc) is 2.87. The predicted octanol–water partition coefficient (Wildman–Crippen LogP) is -0.299. The second-order valence-corrected chi connectivity index (χ2v) is 7.22. The van der Waals surface area contributed by atoms with Gasteiger partial charge in [-0.05, 0) is 25.4 Å². The quantitative estimate of drug-likeness (QED) is 0.778. The van der Waals surface area contributed by atoms with Gasteiger partial charge in [0.15, 0.2) is 5.03 Å². The minimum absolute atomic E-state index is 0.168. The van der Waals surface area contributed by atoms with Crippen LogP contribution in [0.15, 0.2) is 17.6 Å². The van der Waals surface area contributed by atoms with E-state index in [2.05, 4.69) is 21.8 Å². The van der Waals surface area contributed by atoms with E-state index in [0.29, 0.717) is 25.6 Å². The molecule has 1 aliphatic heterocycles. The lowest BCUT2D eigenvalue weighted by Gasteiger charge is -2.23. The van der Waals surface area contributed by atoms with Gasteiger partial charge in [0.2, 0.25) is 0 Å². The number of hydrogen-bond donors (Lipinski definition) is 2. The molecule has 2 heterocycles. The Balaban J connectivity index is 1.99. The molecule has 1 aromatic rings. The number of imidazole rings is 1. The Hall–Kier alpha value is -0.960. The van der Waals surface area contributed by atoms with E-state index in [1.54, 1.807) is 0 Å². The second kappa shape index (κ2) is 6.66. The van der Waals surface area contributed by atoms with Gasteiger partial charge >= 0.3 is 0 Å². The van der Waals surface area contributed by atoms with Gasteiger partial charge in [0.05, 0.1) is 12.5 Å². The van der Waals surface area contributed by atoms with Gasteiger partial charge in [-0.1, -0.05) is 6.92 Å². The summed E-state index contributed by atoms with van der Waals surface area (Å²) >= 11 is 0. The standard InChI is InChI=1S/C12H23N5O2S/c1-11(7-13)9-16-3-2-4-17(6-5-16)20(18,19)12-8-14-10-15-12/h8,10-11H,2-7,9,13H2,1H3,(H,14,15). The van der Waals surface area contributed by atoms with Crippen LogP contribution in [0.3, 0.4) is 0 Å². The van der Waals surface area contributed by atoms with Crippen molar-refractivity contribution in [3.05, 3.63) is 12.5 Å². The number of nitrogens with zero attached hydrogens (tertiary/aromatic N) is 3. The predicted molar refractivity (Wildman–Crippen MR) is 76.6 cm³/mol. The van der Waals surface area contributed by atoms with E-state index in [4.69, 9.17) is 5.73 Å². The number of hydrogen-bond acceptors (Lipinski definition) is 5. The van der Waals surface area contributed by atoms with E-state index in [0.717, 1.165) is 26.1 Å². The first-order valence-electron chi connectivity index (χ1n) is 6.95. The number of nitrogens with one attached hydrogen (secondary N) is 1. The van der Waals surface area contributed by atoms with Crippen molar-refractivity contribution in [2.45, 2.75) is 18.4 Å². The maximum absolute atomic E-state index is 12.4. The summed E-state index contributed by atoms with van der Waals surface area (Å²) in [5.41, 5.74) is 5.64. The Labute approximate surface area is 120 Å². The smallest absolute Gasteiger partial charge is 0.260 e. The normalized spacial score (nSPS) is 20.7. The Kier molecular flexibility index (Phi) is 5.14. The summed E-state index contributed by atoms with van der Waals surface area (Å²) in [6.45, 7) is 6.43. The third kappa shape index (κ3) is 3.57. The summed E-state index contributed by atoms with van der Waals surface area (Å²) in [5.74, 6) is 0.436. The summed E-state index contributed by atoms with van der Waals surface area (Å²) in [6, 6.07) is 0. The van der Waals surface area contributed by atoms with Crippen LogP contribution in [0.4, 0.5) is 0 Å².